The Labute approximate surface area is 327 Å². The van der Waals surface area contributed by atoms with Gasteiger partial charge in [-0.2, -0.15) is 0 Å². The summed E-state index contributed by atoms with van der Waals surface area (Å²) in [5.41, 5.74) is 12.5. The minimum atomic E-state index is -1.34. The van der Waals surface area contributed by atoms with E-state index in [0.29, 0.717) is 11.6 Å². The van der Waals surface area contributed by atoms with Crippen LogP contribution < -0.4 is 5.19 Å². The first-order chi connectivity index (χ1) is 25.0. The number of imidazole rings is 1. The molecule has 0 spiro atoms. The second-order valence-corrected chi connectivity index (χ2v) is 20.1. The van der Waals surface area contributed by atoms with Crippen LogP contribution in [-0.4, -0.2) is 27.6 Å². The van der Waals surface area contributed by atoms with E-state index in [1.54, 1.807) is 0 Å². The van der Waals surface area contributed by atoms with E-state index in [0.717, 1.165) is 74.3 Å². The maximum atomic E-state index is 6.38. The first-order valence-corrected chi connectivity index (χ1v) is 21.8. The molecule has 5 nitrogen and oxygen atoms in total. The van der Waals surface area contributed by atoms with Crippen molar-refractivity contribution in [1.82, 2.24) is 19.5 Å². The summed E-state index contributed by atoms with van der Waals surface area (Å²) in [5.74, 6) is 1.54. The maximum Gasteiger partial charge on any atom is 0.216 e. The Bertz CT molecular complexity index is 2510. The molecule has 4 aromatic carbocycles. The molecule has 8 aromatic rings. The van der Waals surface area contributed by atoms with E-state index in [9.17, 15) is 0 Å². The van der Waals surface area contributed by atoms with E-state index in [-0.39, 0.29) is 20.1 Å². The van der Waals surface area contributed by atoms with Crippen molar-refractivity contribution in [3.63, 3.8) is 0 Å². The summed E-state index contributed by atoms with van der Waals surface area (Å²) in [4.78, 5) is 14.5. The van der Waals surface area contributed by atoms with E-state index in [1.807, 2.05) is 48.5 Å². The Morgan fingerprint density at radius 3 is 2.25 bits per heavy atom. The van der Waals surface area contributed by atoms with Gasteiger partial charge in [-0.25, -0.2) is 4.98 Å². The SMILES string of the molecule is CC(C)Cc1cc(-c2[c-]cccc2)ncc1[Si](C)(C)C.CCn1c(-c2[c-]ccc3c2oc2nc(-c4c(C)cccc4C)ccc23)nc2ccccc21.[Ir]. The monoisotopic (exact) mass is 891 g/mol. The van der Waals surface area contributed by atoms with Crippen LogP contribution in [0.15, 0.2) is 108 Å². The van der Waals surface area contributed by atoms with Crippen molar-refractivity contribution in [2.24, 2.45) is 5.92 Å². The Kier molecular flexibility index (Phi) is 11.3. The number of hydrogen-bond acceptors (Lipinski definition) is 4. The van der Waals surface area contributed by atoms with Gasteiger partial charge in [0.1, 0.15) is 0 Å². The van der Waals surface area contributed by atoms with E-state index >= 15 is 0 Å². The van der Waals surface area contributed by atoms with E-state index in [1.165, 1.54) is 21.9 Å². The molecule has 4 aromatic heterocycles. The van der Waals surface area contributed by atoms with Crippen LogP contribution in [0.25, 0.3) is 67.0 Å². The summed E-state index contributed by atoms with van der Waals surface area (Å²) in [6, 6.07) is 39.7. The van der Waals surface area contributed by atoms with Crippen LogP contribution in [0.3, 0.4) is 0 Å². The predicted octanol–water partition coefficient (Wildman–Crippen LogP) is 11.4. The summed E-state index contributed by atoms with van der Waals surface area (Å²) < 4.78 is 8.59. The number of fused-ring (bicyclic) bond motifs is 4. The molecule has 0 amide bonds. The fourth-order valence-electron chi connectivity index (χ4n) is 7.21. The second kappa shape index (κ2) is 15.7. The van der Waals surface area contributed by atoms with Gasteiger partial charge in [0.2, 0.25) is 5.71 Å². The van der Waals surface area contributed by atoms with Gasteiger partial charge < -0.3 is 14.0 Å². The van der Waals surface area contributed by atoms with Crippen molar-refractivity contribution in [2.75, 3.05) is 0 Å². The smallest absolute Gasteiger partial charge is 0.216 e. The summed E-state index contributed by atoms with van der Waals surface area (Å²) >= 11 is 0. The minimum absolute atomic E-state index is 0. The molecule has 0 saturated carbocycles. The van der Waals surface area contributed by atoms with Crippen LogP contribution in [0.2, 0.25) is 19.6 Å². The van der Waals surface area contributed by atoms with Crippen molar-refractivity contribution in [2.45, 2.75) is 67.2 Å². The number of nitrogens with zero attached hydrogens (tertiary/aromatic N) is 4. The molecule has 0 aliphatic carbocycles. The molecule has 0 fully saturated rings. The topological polar surface area (TPSA) is 56.7 Å². The second-order valence-electron chi connectivity index (χ2n) is 15.0. The molecule has 0 N–H and O–H groups in total. The van der Waals surface area contributed by atoms with Crippen LogP contribution >= 0.6 is 0 Å². The number of rotatable bonds is 7. The Hall–Kier alpha value is -4.68. The molecule has 271 valence electrons. The van der Waals surface area contributed by atoms with Crippen molar-refractivity contribution in [3.05, 3.63) is 132 Å². The van der Waals surface area contributed by atoms with Crippen LogP contribution in [0.5, 0.6) is 0 Å². The molecule has 4 heterocycles. The van der Waals surface area contributed by atoms with Gasteiger partial charge in [0, 0.05) is 43.8 Å². The number of benzene rings is 4. The van der Waals surface area contributed by atoms with Gasteiger partial charge in [-0.05, 0) is 79.4 Å². The summed E-state index contributed by atoms with van der Waals surface area (Å²) in [6.07, 6.45) is 3.24. The zero-order chi connectivity index (χ0) is 36.6. The maximum absolute atomic E-state index is 6.38. The number of aryl methyl sites for hydroxylation is 3. The number of aromatic nitrogens is 4. The predicted molar refractivity (Wildman–Crippen MR) is 220 cm³/mol. The zero-order valence-electron chi connectivity index (χ0n) is 31.8. The van der Waals surface area contributed by atoms with Crippen LogP contribution in [0.4, 0.5) is 0 Å². The van der Waals surface area contributed by atoms with Crippen LogP contribution in [0.1, 0.15) is 37.5 Å². The molecule has 7 heteroatoms. The molecule has 0 saturated heterocycles. The third kappa shape index (κ3) is 7.70. The van der Waals surface area contributed by atoms with Gasteiger partial charge in [-0.1, -0.05) is 86.4 Å². The van der Waals surface area contributed by atoms with Crippen LogP contribution in [-0.2, 0) is 33.1 Å². The average Bonchev–Trinajstić information content (AvgIpc) is 3.69. The zero-order valence-corrected chi connectivity index (χ0v) is 35.2. The van der Waals surface area contributed by atoms with Crippen molar-refractivity contribution in [1.29, 1.82) is 0 Å². The van der Waals surface area contributed by atoms with Crippen molar-refractivity contribution >= 4 is 46.4 Å². The largest absolute Gasteiger partial charge is 0.486 e. The molecular formula is C46H46IrN4OSi-2. The van der Waals surface area contributed by atoms with Gasteiger partial charge in [-0.15, -0.1) is 54.1 Å². The first kappa shape index (κ1) is 38.1. The Morgan fingerprint density at radius 2 is 1.55 bits per heavy atom. The minimum Gasteiger partial charge on any atom is -0.486 e. The summed E-state index contributed by atoms with van der Waals surface area (Å²) in [6.45, 7) is 18.9. The number of hydrogen-bond donors (Lipinski definition) is 0. The fourth-order valence-corrected chi connectivity index (χ4v) is 8.80. The first-order valence-electron chi connectivity index (χ1n) is 18.3. The van der Waals surface area contributed by atoms with Crippen molar-refractivity contribution in [3.8, 4) is 33.9 Å². The average molecular weight is 891 g/mol. The van der Waals surface area contributed by atoms with Crippen molar-refractivity contribution < 1.29 is 24.5 Å². The van der Waals surface area contributed by atoms with Crippen LogP contribution in [0, 0.1) is 31.9 Å². The Morgan fingerprint density at radius 1 is 0.792 bits per heavy atom. The third-order valence-electron chi connectivity index (χ3n) is 9.64. The quantitative estimate of drug-likeness (QED) is 0.118. The van der Waals surface area contributed by atoms with Gasteiger partial charge in [0.05, 0.1) is 36.2 Å². The van der Waals surface area contributed by atoms with Gasteiger partial charge in [0.15, 0.2) is 0 Å². The molecule has 1 radical (unpaired) electrons. The summed E-state index contributed by atoms with van der Waals surface area (Å²) in [7, 11) is -1.34. The molecule has 0 bridgehead atoms. The number of pyridine rings is 2. The molecule has 0 aliphatic heterocycles. The molecule has 8 rings (SSSR count). The standard InChI is InChI=1S/C28H22N3O.C18H24NSi.Ir/c1-4-31-24-14-6-5-13-22(24)29-27(31)21-12-8-11-19-20-15-16-23(30-28(20)32-26(19)21)25-17(2)9-7-10-18(25)3;1-14(2)11-16-12-17(15-9-7-6-8-10-15)19-13-18(16)20(3,4)5;/h5-11,13-16H,4H2,1-3H3;6-9,12-14H,11H2,1-5H3;/q2*-1;. The molecular weight excluding hydrogens is 845 g/mol. The number of para-hydroxylation sites is 2. The fraction of sp³-hybridized carbons (Fsp3) is 0.239. The van der Waals surface area contributed by atoms with E-state index in [2.05, 4.69) is 131 Å². The summed E-state index contributed by atoms with van der Waals surface area (Å²) in [5, 5.41) is 3.53. The van der Waals surface area contributed by atoms with Gasteiger partial charge in [-0.3, -0.25) is 4.98 Å². The van der Waals surface area contributed by atoms with E-state index in [4.69, 9.17) is 14.4 Å². The molecule has 0 atom stereocenters. The number of furan rings is 1. The molecule has 53 heavy (non-hydrogen) atoms. The van der Waals surface area contributed by atoms with Gasteiger partial charge >= 0.3 is 0 Å². The third-order valence-corrected chi connectivity index (χ3v) is 11.7. The van der Waals surface area contributed by atoms with Gasteiger partial charge in [0.25, 0.3) is 0 Å². The molecule has 0 aliphatic rings. The Balaban J connectivity index is 0.000000199. The van der Waals surface area contributed by atoms with E-state index < -0.39 is 8.07 Å². The molecule has 0 unspecified atom stereocenters. The normalized spacial score (nSPS) is 11.6.